The van der Waals surface area contributed by atoms with Gasteiger partial charge in [0.2, 0.25) is 0 Å². The van der Waals surface area contributed by atoms with Crippen molar-refractivity contribution in [3.63, 3.8) is 0 Å². The topological polar surface area (TPSA) is 66.6 Å². The minimum Gasteiger partial charge on any atom is -0.480 e. The van der Waals surface area contributed by atoms with Gasteiger partial charge in [-0.1, -0.05) is 24.3 Å². The fraction of sp³-hybridized carbons (Fsp3) is 0.500. The molecular weight excluding hydrogens is 228 g/mol. The van der Waals surface area contributed by atoms with Gasteiger partial charge in [-0.3, -0.25) is 4.79 Å². The van der Waals surface area contributed by atoms with Crippen molar-refractivity contribution in [2.24, 2.45) is 5.73 Å². The summed E-state index contributed by atoms with van der Waals surface area (Å²) in [4.78, 5) is 13.0. The molecule has 1 aliphatic rings. The number of benzene rings is 1. The molecule has 0 radical (unpaired) electrons. The van der Waals surface area contributed by atoms with E-state index in [2.05, 4.69) is 29.2 Å². The van der Waals surface area contributed by atoms with Gasteiger partial charge < -0.3 is 15.7 Å². The van der Waals surface area contributed by atoms with Crippen LogP contribution in [-0.4, -0.2) is 41.7 Å². The van der Waals surface area contributed by atoms with Gasteiger partial charge in [-0.05, 0) is 30.4 Å². The first-order valence-electron chi connectivity index (χ1n) is 6.44. The van der Waals surface area contributed by atoms with Crippen molar-refractivity contribution >= 4 is 5.97 Å². The summed E-state index contributed by atoms with van der Waals surface area (Å²) in [7, 11) is 0. The summed E-state index contributed by atoms with van der Waals surface area (Å²) in [5, 5.41) is 8.77. The third-order valence-corrected chi connectivity index (χ3v) is 3.59. The van der Waals surface area contributed by atoms with E-state index < -0.39 is 12.0 Å². The number of hydrogen-bond donors (Lipinski definition) is 2. The standard InChI is InChI=1S/C14H20N2O2/c15-13(14(17)18)7-10-16-8-5-11-3-1-2-4-12(11)6-9-16/h1-4,13H,5-10,15H2,(H,17,18). The molecule has 98 valence electrons. The van der Waals surface area contributed by atoms with Gasteiger partial charge in [0, 0.05) is 19.6 Å². The molecule has 2 rings (SSSR count). The Morgan fingerprint density at radius 3 is 2.33 bits per heavy atom. The predicted molar refractivity (Wildman–Crippen MR) is 70.5 cm³/mol. The maximum Gasteiger partial charge on any atom is 0.320 e. The highest BCUT2D eigenvalue weighted by atomic mass is 16.4. The second-order valence-corrected chi connectivity index (χ2v) is 4.84. The molecule has 1 unspecified atom stereocenters. The van der Waals surface area contributed by atoms with Gasteiger partial charge in [0.25, 0.3) is 0 Å². The molecule has 1 heterocycles. The van der Waals surface area contributed by atoms with E-state index in [0.717, 1.165) is 32.5 Å². The number of nitrogens with two attached hydrogens (primary N) is 1. The van der Waals surface area contributed by atoms with Gasteiger partial charge in [-0.2, -0.15) is 0 Å². The molecule has 18 heavy (non-hydrogen) atoms. The van der Waals surface area contributed by atoms with Crippen LogP contribution in [0.2, 0.25) is 0 Å². The number of hydrogen-bond acceptors (Lipinski definition) is 3. The minimum absolute atomic E-state index is 0.520. The first-order valence-corrected chi connectivity index (χ1v) is 6.44. The molecule has 4 nitrogen and oxygen atoms in total. The Hall–Kier alpha value is -1.39. The van der Waals surface area contributed by atoms with Crippen LogP contribution in [0.3, 0.4) is 0 Å². The third kappa shape index (κ3) is 3.31. The normalized spacial score (nSPS) is 17.8. The summed E-state index contributed by atoms with van der Waals surface area (Å²) < 4.78 is 0. The van der Waals surface area contributed by atoms with Crippen LogP contribution in [0.25, 0.3) is 0 Å². The van der Waals surface area contributed by atoms with Crippen molar-refractivity contribution in [2.75, 3.05) is 19.6 Å². The number of carboxylic acid groups (broad SMARTS) is 1. The Morgan fingerprint density at radius 2 is 1.83 bits per heavy atom. The van der Waals surface area contributed by atoms with E-state index in [0.29, 0.717) is 6.42 Å². The molecule has 0 fully saturated rings. The van der Waals surface area contributed by atoms with Crippen LogP contribution in [0.5, 0.6) is 0 Å². The SMILES string of the molecule is NC(CCN1CCc2ccccc2CC1)C(=O)O. The Morgan fingerprint density at radius 1 is 1.28 bits per heavy atom. The molecule has 1 aliphatic heterocycles. The van der Waals surface area contributed by atoms with Crippen LogP contribution in [0.15, 0.2) is 24.3 Å². The monoisotopic (exact) mass is 248 g/mol. The van der Waals surface area contributed by atoms with Gasteiger partial charge in [0.15, 0.2) is 0 Å². The molecule has 0 spiro atoms. The highest BCUT2D eigenvalue weighted by Gasteiger charge is 2.16. The van der Waals surface area contributed by atoms with Crippen LogP contribution < -0.4 is 5.73 Å². The second-order valence-electron chi connectivity index (χ2n) is 4.84. The van der Waals surface area contributed by atoms with Crippen molar-refractivity contribution in [3.05, 3.63) is 35.4 Å². The van der Waals surface area contributed by atoms with Crippen molar-refractivity contribution < 1.29 is 9.90 Å². The van der Waals surface area contributed by atoms with Crippen molar-refractivity contribution in [3.8, 4) is 0 Å². The number of carboxylic acids is 1. The van der Waals surface area contributed by atoms with E-state index in [4.69, 9.17) is 10.8 Å². The number of fused-ring (bicyclic) bond motifs is 1. The van der Waals surface area contributed by atoms with Crippen LogP contribution >= 0.6 is 0 Å². The molecule has 1 aromatic carbocycles. The zero-order valence-electron chi connectivity index (χ0n) is 10.5. The molecule has 0 aromatic heterocycles. The zero-order chi connectivity index (χ0) is 13.0. The lowest BCUT2D eigenvalue weighted by atomic mass is 10.0. The predicted octanol–water partition coefficient (Wildman–Crippen LogP) is 0.889. The van der Waals surface area contributed by atoms with Gasteiger partial charge in [-0.25, -0.2) is 0 Å². The fourth-order valence-electron chi connectivity index (χ4n) is 2.38. The molecule has 1 aromatic rings. The first-order chi connectivity index (χ1) is 8.66. The van der Waals surface area contributed by atoms with E-state index in [1.807, 2.05) is 0 Å². The molecular formula is C14H20N2O2. The minimum atomic E-state index is -0.909. The number of nitrogens with zero attached hydrogens (tertiary/aromatic N) is 1. The van der Waals surface area contributed by atoms with Crippen LogP contribution in [0, 0.1) is 0 Å². The molecule has 0 aliphatic carbocycles. The molecule has 3 N–H and O–H groups in total. The fourth-order valence-corrected chi connectivity index (χ4v) is 2.38. The van der Waals surface area contributed by atoms with Crippen LogP contribution in [0.4, 0.5) is 0 Å². The average molecular weight is 248 g/mol. The van der Waals surface area contributed by atoms with Gasteiger partial charge in [0.05, 0.1) is 0 Å². The second kappa shape index (κ2) is 5.98. The Labute approximate surface area is 107 Å². The lowest BCUT2D eigenvalue weighted by Crippen LogP contribution is -2.36. The largest absolute Gasteiger partial charge is 0.480 e. The van der Waals surface area contributed by atoms with Gasteiger partial charge >= 0.3 is 5.97 Å². The summed E-state index contributed by atoms with van der Waals surface area (Å²) in [6.45, 7) is 2.74. The smallest absolute Gasteiger partial charge is 0.320 e. The summed E-state index contributed by atoms with van der Waals surface area (Å²) in [6, 6.07) is 7.78. The number of carbonyl (C=O) groups is 1. The first kappa shape index (κ1) is 13.1. The van der Waals surface area contributed by atoms with E-state index in [-0.39, 0.29) is 0 Å². The summed E-state index contributed by atoms with van der Waals surface area (Å²) in [5.41, 5.74) is 8.37. The Kier molecular flexibility index (Phi) is 4.33. The maximum atomic E-state index is 10.7. The van der Waals surface area contributed by atoms with Crippen LogP contribution in [-0.2, 0) is 17.6 Å². The Bertz CT molecular complexity index is 393. The van der Waals surface area contributed by atoms with Gasteiger partial charge in [-0.15, -0.1) is 0 Å². The summed E-state index contributed by atoms with van der Waals surface area (Å²) >= 11 is 0. The molecule has 0 amide bonds. The zero-order valence-corrected chi connectivity index (χ0v) is 10.5. The molecule has 4 heteroatoms. The van der Waals surface area contributed by atoms with Crippen LogP contribution in [0.1, 0.15) is 17.5 Å². The van der Waals surface area contributed by atoms with Crippen molar-refractivity contribution in [1.29, 1.82) is 0 Å². The lowest BCUT2D eigenvalue weighted by molar-refractivity contribution is -0.138. The van der Waals surface area contributed by atoms with Gasteiger partial charge in [0.1, 0.15) is 6.04 Å². The summed E-state index contributed by atoms with van der Waals surface area (Å²) in [5.74, 6) is -0.909. The summed E-state index contributed by atoms with van der Waals surface area (Å²) in [6.07, 6.45) is 2.60. The number of rotatable bonds is 4. The highest BCUT2D eigenvalue weighted by Crippen LogP contribution is 2.15. The molecule has 1 atom stereocenters. The molecule has 0 bridgehead atoms. The number of aliphatic carboxylic acids is 1. The van der Waals surface area contributed by atoms with Crippen molar-refractivity contribution in [1.82, 2.24) is 4.90 Å². The van der Waals surface area contributed by atoms with E-state index in [1.54, 1.807) is 0 Å². The van der Waals surface area contributed by atoms with Crippen molar-refractivity contribution in [2.45, 2.75) is 25.3 Å². The maximum absolute atomic E-state index is 10.7. The molecule has 0 saturated carbocycles. The van der Waals surface area contributed by atoms with E-state index in [9.17, 15) is 4.79 Å². The molecule has 0 saturated heterocycles. The Balaban J connectivity index is 1.86. The van der Waals surface area contributed by atoms with E-state index in [1.165, 1.54) is 11.1 Å². The third-order valence-electron chi connectivity index (χ3n) is 3.59. The lowest BCUT2D eigenvalue weighted by Gasteiger charge is -2.20. The van der Waals surface area contributed by atoms with E-state index >= 15 is 0 Å². The average Bonchev–Trinajstić information content (AvgIpc) is 2.58. The highest BCUT2D eigenvalue weighted by molar-refractivity contribution is 5.72. The quantitative estimate of drug-likeness (QED) is 0.830.